The minimum atomic E-state index is -4.50. The molecule has 1 heterocycles. The van der Waals surface area contributed by atoms with Crippen LogP contribution in [-0.4, -0.2) is 28.2 Å². The van der Waals surface area contributed by atoms with Crippen LogP contribution in [0.15, 0.2) is 54.7 Å². The van der Waals surface area contributed by atoms with Gasteiger partial charge < -0.3 is 4.74 Å². The van der Waals surface area contributed by atoms with Crippen LogP contribution in [0.4, 0.5) is 13.2 Å². The number of nitrogens with one attached hydrogen (secondary N) is 2. The molecular weight excluding hydrogens is 413 g/mol. The zero-order valence-electron chi connectivity index (χ0n) is 16.7. The van der Waals surface area contributed by atoms with Gasteiger partial charge in [0, 0.05) is 0 Å². The van der Waals surface area contributed by atoms with Crippen molar-refractivity contribution < 1.29 is 27.5 Å². The summed E-state index contributed by atoms with van der Waals surface area (Å²) in [4.78, 5) is 24.2. The second kappa shape index (κ2) is 8.90. The summed E-state index contributed by atoms with van der Waals surface area (Å²) in [5.74, 6) is -0.749. The van der Waals surface area contributed by atoms with Gasteiger partial charge in [-0.1, -0.05) is 23.8 Å². The Hall–Kier alpha value is -3.82. The smallest absolute Gasteiger partial charge is 0.416 e. The first kappa shape index (κ1) is 21.9. The van der Waals surface area contributed by atoms with Crippen molar-refractivity contribution in [2.24, 2.45) is 0 Å². The largest absolute Gasteiger partial charge is 0.484 e. The van der Waals surface area contributed by atoms with Crippen molar-refractivity contribution in [1.82, 2.24) is 20.6 Å². The highest BCUT2D eigenvalue weighted by atomic mass is 19.4. The number of aromatic nitrogens is 2. The van der Waals surface area contributed by atoms with Gasteiger partial charge in [-0.15, -0.1) is 0 Å². The Bertz CT molecular complexity index is 1090. The van der Waals surface area contributed by atoms with E-state index in [0.29, 0.717) is 11.4 Å². The Morgan fingerprint density at radius 2 is 1.77 bits per heavy atom. The molecule has 31 heavy (non-hydrogen) atoms. The molecule has 2 amide bonds. The van der Waals surface area contributed by atoms with E-state index in [1.54, 1.807) is 12.1 Å². The van der Waals surface area contributed by atoms with Crippen LogP contribution in [0.3, 0.4) is 0 Å². The Morgan fingerprint density at radius 3 is 2.45 bits per heavy atom. The summed E-state index contributed by atoms with van der Waals surface area (Å²) in [7, 11) is 0. The molecule has 10 heteroatoms. The van der Waals surface area contributed by atoms with Crippen molar-refractivity contribution in [2.75, 3.05) is 6.61 Å². The molecule has 0 atom stereocenters. The van der Waals surface area contributed by atoms with Crippen LogP contribution in [0.1, 0.15) is 27.2 Å². The third-order valence-corrected chi connectivity index (χ3v) is 4.38. The van der Waals surface area contributed by atoms with Gasteiger partial charge in [-0.2, -0.15) is 18.3 Å². The van der Waals surface area contributed by atoms with Gasteiger partial charge >= 0.3 is 6.18 Å². The van der Waals surface area contributed by atoms with E-state index in [9.17, 15) is 22.8 Å². The third kappa shape index (κ3) is 5.41. The number of amides is 2. The van der Waals surface area contributed by atoms with Crippen molar-refractivity contribution >= 4 is 11.8 Å². The zero-order chi connectivity index (χ0) is 22.6. The number of halogens is 3. The molecule has 162 valence electrons. The van der Waals surface area contributed by atoms with E-state index in [1.807, 2.05) is 19.1 Å². The Morgan fingerprint density at radius 1 is 1.06 bits per heavy atom. The van der Waals surface area contributed by atoms with Gasteiger partial charge in [-0.05, 0) is 44.2 Å². The fourth-order valence-corrected chi connectivity index (χ4v) is 2.72. The van der Waals surface area contributed by atoms with Gasteiger partial charge in [-0.25, -0.2) is 4.68 Å². The molecule has 0 saturated heterocycles. The van der Waals surface area contributed by atoms with Gasteiger partial charge in [0.1, 0.15) is 5.75 Å². The van der Waals surface area contributed by atoms with E-state index in [1.165, 1.54) is 29.9 Å². The lowest BCUT2D eigenvalue weighted by molar-refractivity contribution is -0.137. The molecule has 0 fully saturated rings. The van der Waals surface area contributed by atoms with Crippen LogP contribution in [0.25, 0.3) is 5.69 Å². The normalized spacial score (nSPS) is 11.1. The fraction of sp³-hybridized carbons (Fsp3) is 0.190. The molecule has 0 radical (unpaired) electrons. The highest BCUT2D eigenvalue weighted by Crippen LogP contribution is 2.30. The van der Waals surface area contributed by atoms with Gasteiger partial charge in [0.2, 0.25) is 0 Å². The van der Waals surface area contributed by atoms with E-state index >= 15 is 0 Å². The molecule has 1 aromatic heterocycles. The molecule has 3 rings (SSSR count). The highest BCUT2D eigenvalue weighted by Gasteiger charge is 2.30. The molecule has 2 aromatic carbocycles. The molecule has 0 spiro atoms. The van der Waals surface area contributed by atoms with Crippen molar-refractivity contribution in [2.45, 2.75) is 20.0 Å². The number of carbonyl (C=O) groups excluding carboxylic acids is 2. The molecule has 3 aromatic rings. The molecule has 2 N–H and O–H groups in total. The van der Waals surface area contributed by atoms with Crippen LogP contribution < -0.4 is 15.6 Å². The molecule has 0 saturated carbocycles. The van der Waals surface area contributed by atoms with Crippen molar-refractivity contribution in [3.05, 3.63) is 77.1 Å². The first-order valence-electron chi connectivity index (χ1n) is 9.16. The quantitative estimate of drug-likeness (QED) is 0.606. The molecule has 0 unspecified atom stereocenters. The molecule has 0 aliphatic rings. The van der Waals surface area contributed by atoms with Gasteiger partial charge in [-0.3, -0.25) is 20.4 Å². The zero-order valence-corrected chi connectivity index (χ0v) is 16.7. The van der Waals surface area contributed by atoms with Crippen molar-refractivity contribution in [3.63, 3.8) is 0 Å². The summed E-state index contributed by atoms with van der Waals surface area (Å²) in [5.41, 5.74) is 5.23. The maximum atomic E-state index is 12.9. The summed E-state index contributed by atoms with van der Waals surface area (Å²) < 4.78 is 45.3. The van der Waals surface area contributed by atoms with Crippen LogP contribution >= 0.6 is 0 Å². The number of rotatable bonds is 5. The number of carbonyl (C=O) groups is 2. The minimum Gasteiger partial charge on any atom is -0.484 e. The molecule has 0 bridgehead atoms. The maximum absolute atomic E-state index is 12.9. The van der Waals surface area contributed by atoms with Gasteiger partial charge in [0.05, 0.1) is 28.7 Å². The van der Waals surface area contributed by atoms with E-state index in [4.69, 9.17) is 4.74 Å². The second-order valence-corrected chi connectivity index (χ2v) is 6.71. The van der Waals surface area contributed by atoms with Crippen LogP contribution in [-0.2, 0) is 11.0 Å². The summed E-state index contributed by atoms with van der Waals surface area (Å²) in [6.07, 6.45) is -3.29. The number of ether oxygens (including phenoxy) is 1. The van der Waals surface area contributed by atoms with E-state index in [-0.39, 0.29) is 17.9 Å². The lowest BCUT2D eigenvalue weighted by atomic mass is 10.2. The minimum absolute atomic E-state index is 0.0946. The molecule has 0 aliphatic heterocycles. The summed E-state index contributed by atoms with van der Waals surface area (Å²) in [6.45, 7) is 3.14. The lowest BCUT2D eigenvalue weighted by Gasteiger charge is -2.11. The number of hydrogen-bond donors (Lipinski definition) is 2. The maximum Gasteiger partial charge on any atom is 0.416 e. The number of hydrazine groups is 1. The van der Waals surface area contributed by atoms with Crippen LogP contribution in [0.5, 0.6) is 5.75 Å². The fourth-order valence-electron chi connectivity index (χ4n) is 2.72. The average Bonchev–Trinajstić information content (AvgIpc) is 3.12. The Balaban J connectivity index is 1.61. The van der Waals surface area contributed by atoms with Crippen molar-refractivity contribution in [3.8, 4) is 11.4 Å². The first-order valence-corrected chi connectivity index (χ1v) is 9.16. The van der Waals surface area contributed by atoms with Crippen molar-refractivity contribution in [1.29, 1.82) is 0 Å². The molecular formula is C21H19F3N4O3. The van der Waals surface area contributed by atoms with E-state index < -0.39 is 23.6 Å². The highest BCUT2D eigenvalue weighted by molar-refractivity contribution is 5.96. The van der Waals surface area contributed by atoms with E-state index in [0.717, 1.165) is 17.7 Å². The summed E-state index contributed by atoms with van der Waals surface area (Å²) in [6, 6.07) is 11.7. The summed E-state index contributed by atoms with van der Waals surface area (Å²) >= 11 is 0. The topological polar surface area (TPSA) is 85.2 Å². The van der Waals surface area contributed by atoms with Crippen LogP contribution in [0.2, 0.25) is 0 Å². The monoisotopic (exact) mass is 432 g/mol. The van der Waals surface area contributed by atoms with Gasteiger partial charge in [0.25, 0.3) is 11.8 Å². The Kier molecular flexibility index (Phi) is 6.28. The lowest BCUT2D eigenvalue weighted by Crippen LogP contribution is -2.44. The number of alkyl halides is 3. The number of aryl methyl sites for hydroxylation is 1. The third-order valence-electron chi connectivity index (χ3n) is 4.38. The van der Waals surface area contributed by atoms with Gasteiger partial charge in [0.15, 0.2) is 6.61 Å². The predicted molar refractivity (Wildman–Crippen MR) is 106 cm³/mol. The molecule has 0 aliphatic carbocycles. The Labute approximate surface area is 175 Å². The molecule has 7 nitrogen and oxygen atoms in total. The number of benzene rings is 2. The van der Waals surface area contributed by atoms with E-state index in [2.05, 4.69) is 16.0 Å². The SMILES string of the molecule is Cc1ccc(OCC(=O)NNC(=O)c2cnn(-c3cccc(C(F)(F)F)c3)c2C)cc1. The summed E-state index contributed by atoms with van der Waals surface area (Å²) in [5, 5.41) is 3.99. The number of nitrogens with zero attached hydrogens (tertiary/aromatic N) is 2. The standard InChI is InChI=1S/C21H19F3N4O3/c1-13-6-8-17(9-7-13)31-12-19(29)26-27-20(30)18-11-25-28(14(18)2)16-5-3-4-15(10-16)21(22,23)24/h3-11H,12H2,1-2H3,(H,26,29)(H,27,30). The number of hydrogen-bond acceptors (Lipinski definition) is 4. The second-order valence-electron chi connectivity index (χ2n) is 6.71. The average molecular weight is 432 g/mol. The van der Waals surface area contributed by atoms with Crippen LogP contribution in [0, 0.1) is 13.8 Å². The predicted octanol–water partition coefficient (Wildman–Crippen LogP) is 3.35. The first-order chi connectivity index (χ1) is 14.6.